The molecule has 7 heteroatoms. The molecule has 0 aliphatic carbocycles. The molecule has 3 aromatic carbocycles. The van der Waals surface area contributed by atoms with Crippen molar-refractivity contribution in [3.63, 3.8) is 0 Å². The number of carbonyl (C=O) groups excluding carboxylic acids is 2. The quantitative estimate of drug-likeness (QED) is 0.347. The van der Waals surface area contributed by atoms with Gasteiger partial charge in [-0.15, -0.1) is 0 Å². The SMILES string of the molecule is CCOc1ccc(C(=O)Oc2ccc(OC(=O)c3ccc(OCC)cc3)c(OC)c2)cc1. The highest BCUT2D eigenvalue weighted by Crippen LogP contribution is 2.32. The van der Waals surface area contributed by atoms with E-state index in [0.29, 0.717) is 35.8 Å². The van der Waals surface area contributed by atoms with E-state index in [1.807, 2.05) is 13.8 Å². The van der Waals surface area contributed by atoms with Gasteiger partial charge in [0, 0.05) is 6.07 Å². The maximum atomic E-state index is 12.5. The number of esters is 2. The summed E-state index contributed by atoms with van der Waals surface area (Å²) >= 11 is 0. The van der Waals surface area contributed by atoms with Gasteiger partial charge in [0.05, 0.1) is 31.5 Å². The van der Waals surface area contributed by atoms with Gasteiger partial charge in [-0.05, 0) is 74.5 Å². The van der Waals surface area contributed by atoms with Gasteiger partial charge in [0.1, 0.15) is 17.2 Å². The minimum atomic E-state index is -0.550. The third kappa shape index (κ3) is 5.78. The molecular weight excluding hydrogens is 412 g/mol. The number of rotatable bonds is 9. The summed E-state index contributed by atoms with van der Waals surface area (Å²) in [4.78, 5) is 24.9. The van der Waals surface area contributed by atoms with Gasteiger partial charge in [-0.3, -0.25) is 0 Å². The molecule has 0 atom stereocenters. The Bertz CT molecular complexity index is 1060. The zero-order valence-corrected chi connectivity index (χ0v) is 18.1. The number of methoxy groups -OCH3 is 1. The lowest BCUT2D eigenvalue weighted by atomic mass is 10.2. The maximum absolute atomic E-state index is 12.5. The molecule has 0 bridgehead atoms. The minimum absolute atomic E-state index is 0.201. The van der Waals surface area contributed by atoms with Gasteiger partial charge in [-0.2, -0.15) is 0 Å². The lowest BCUT2D eigenvalue weighted by Crippen LogP contribution is -2.10. The van der Waals surface area contributed by atoms with Gasteiger partial charge < -0.3 is 23.7 Å². The van der Waals surface area contributed by atoms with E-state index in [1.165, 1.54) is 25.3 Å². The summed E-state index contributed by atoms with van der Waals surface area (Å²) in [5.41, 5.74) is 0.736. The van der Waals surface area contributed by atoms with Crippen LogP contribution in [0.3, 0.4) is 0 Å². The van der Waals surface area contributed by atoms with Gasteiger partial charge in [0.15, 0.2) is 11.5 Å². The lowest BCUT2D eigenvalue weighted by molar-refractivity contribution is 0.0715. The molecule has 0 unspecified atom stereocenters. The Labute approximate surface area is 186 Å². The zero-order valence-electron chi connectivity index (χ0n) is 18.1. The molecule has 0 aromatic heterocycles. The predicted molar refractivity (Wildman–Crippen MR) is 118 cm³/mol. The van der Waals surface area contributed by atoms with Crippen LogP contribution in [0.4, 0.5) is 0 Å². The first-order chi connectivity index (χ1) is 15.5. The number of benzene rings is 3. The smallest absolute Gasteiger partial charge is 0.343 e. The molecule has 0 saturated carbocycles. The topological polar surface area (TPSA) is 80.3 Å². The van der Waals surface area contributed by atoms with Gasteiger partial charge in [-0.1, -0.05) is 0 Å². The number of hydrogen-bond acceptors (Lipinski definition) is 7. The van der Waals surface area contributed by atoms with Crippen molar-refractivity contribution in [1.29, 1.82) is 0 Å². The van der Waals surface area contributed by atoms with Gasteiger partial charge in [-0.25, -0.2) is 9.59 Å². The van der Waals surface area contributed by atoms with Crippen molar-refractivity contribution in [2.24, 2.45) is 0 Å². The molecule has 3 rings (SSSR count). The Morgan fingerprint density at radius 1 is 0.625 bits per heavy atom. The van der Waals surface area contributed by atoms with Gasteiger partial charge >= 0.3 is 11.9 Å². The van der Waals surface area contributed by atoms with E-state index >= 15 is 0 Å². The third-order valence-corrected chi connectivity index (χ3v) is 4.35. The monoisotopic (exact) mass is 436 g/mol. The Morgan fingerprint density at radius 3 is 1.56 bits per heavy atom. The van der Waals surface area contributed by atoms with Crippen LogP contribution >= 0.6 is 0 Å². The molecule has 0 aliphatic heterocycles. The van der Waals surface area contributed by atoms with E-state index in [1.54, 1.807) is 48.5 Å². The largest absolute Gasteiger partial charge is 0.494 e. The fraction of sp³-hybridized carbons (Fsp3) is 0.200. The van der Waals surface area contributed by atoms with Crippen molar-refractivity contribution in [2.75, 3.05) is 20.3 Å². The standard InChI is InChI=1S/C25H24O7/c1-4-29-19-10-6-17(7-11-19)24(26)31-21-14-15-22(23(16-21)28-3)32-25(27)18-8-12-20(13-9-18)30-5-2/h6-16H,4-5H2,1-3H3. The number of carbonyl (C=O) groups is 2. The summed E-state index contributed by atoms with van der Waals surface area (Å²) < 4.78 is 26.9. The predicted octanol–water partition coefficient (Wildman–Crippen LogP) is 4.93. The van der Waals surface area contributed by atoms with Crippen molar-refractivity contribution < 1.29 is 33.3 Å². The Morgan fingerprint density at radius 2 is 1.09 bits per heavy atom. The van der Waals surface area contributed by atoms with Crippen LogP contribution < -0.4 is 23.7 Å². The van der Waals surface area contributed by atoms with E-state index < -0.39 is 11.9 Å². The third-order valence-electron chi connectivity index (χ3n) is 4.35. The summed E-state index contributed by atoms with van der Waals surface area (Å²) in [5, 5.41) is 0. The average molecular weight is 436 g/mol. The van der Waals surface area contributed by atoms with Crippen LogP contribution in [0.15, 0.2) is 66.7 Å². The second-order valence-corrected chi connectivity index (χ2v) is 6.51. The van der Waals surface area contributed by atoms with Crippen LogP contribution in [0.1, 0.15) is 34.6 Å². The van der Waals surface area contributed by atoms with E-state index in [9.17, 15) is 9.59 Å². The molecule has 3 aromatic rings. The molecule has 0 amide bonds. The second kappa shape index (κ2) is 10.9. The molecule has 7 nitrogen and oxygen atoms in total. The van der Waals surface area contributed by atoms with Crippen molar-refractivity contribution in [3.8, 4) is 28.7 Å². The van der Waals surface area contributed by atoms with E-state index in [-0.39, 0.29) is 17.2 Å². The highest BCUT2D eigenvalue weighted by Gasteiger charge is 2.15. The van der Waals surface area contributed by atoms with Gasteiger partial charge in [0.25, 0.3) is 0 Å². The molecule has 0 aliphatic rings. The van der Waals surface area contributed by atoms with Crippen LogP contribution in [0.2, 0.25) is 0 Å². The maximum Gasteiger partial charge on any atom is 0.343 e. The first kappa shape index (κ1) is 22.7. The molecule has 0 heterocycles. The molecular formula is C25H24O7. The normalized spacial score (nSPS) is 10.2. The molecule has 0 radical (unpaired) electrons. The average Bonchev–Trinajstić information content (AvgIpc) is 2.81. The second-order valence-electron chi connectivity index (χ2n) is 6.51. The van der Waals surface area contributed by atoms with Crippen LogP contribution in [0.5, 0.6) is 28.7 Å². The summed E-state index contributed by atoms with van der Waals surface area (Å²) in [6.07, 6.45) is 0. The lowest BCUT2D eigenvalue weighted by Gasteiger charge is -2.12. The molecule has 0 saturated heterocycles. The molecule has 166 valence electrons. The first-order valence-corrected chi connectivity index (χ1v) is 10.1. The highest BCUT2D eigenvalue weighted by atomic mass is 16.6. The summed E-state index contributed by atoms with van der Waals surface area (Å²) in [7, 11) is 1.43. The van der Waals surface area contributed by atoms with Crippen LogP contribution in [-0.2, 0) is 0 Å². The summed E-state index contributed by atoms with van der Waals surface area (Å²) in [6, 6.07) is 17.8. The summed E-state index contributed by atoms with van der Waals surface area (Å²) in [6.45, 7) is 4.85. The van der Waals surface area contributed by atoms with E-state index in [2.05, 4.69) is 0 Å². The summed E-state index contributed by atoms with van der Waals surface area (Å²) in [5.74, 6) is 0.958. The van der Waals surface area contributed by atoms with Crippen LogP contribution in [0, 0.1) is 0 Å². The molecule has 0 fully saturated rings. The van der Waals surface area contributed by atoms with E-state index in [4.69, 9.17) is 23.7 Å². The van der Waals surface area contributed by atoms with Crippen molar-refractivity contribution in [3.05, 3.63) is 77.9 Å². The number of hydrogen-bond donors (Lipinski definition) is 0. The molecule has 32 heavy (non-hydrogen) atoms. The molecule has 0 spiro atoms. The number of ether oxygens (including phenoxy) is 5. The zero-order chi connectivity index (χ0) is 22.9. The van der Waals surface area contributed by atoms with Crippen molar-refractivity contribution >= 4 is 11.9 Å². The van der Waals surface area contributed by atoms with Gasteiger partial charge in [0.2, 0.25) is 0 Å². The van der Waals surface area contributed by atoms with Crippen molar-refractivity contribution in [2.45, 2.75) is 13.8 Å². The Hall–Kier alpha value is -4.00. The Kier molecular flexibility index (Phi) is 7.70. The molecule has 0 N–H and O–H groups in total. The fourth-order valence-electron chi connectivity index (χ4n) is 2.83. The fourth-order valence-corrected chi connectivity index (χ4v) is 2.83. The van der Waals surface area contributed by atoms with Crippen LogP contribution in [-0.4, -0.2) is 32.3 Å². The van der Waals surface area contributed by atoms with E-state index in [0.717, 1.165) is 0 Å². The minimum Gasteiger partial charge on any atom is -0.494 e. The highest BCUT2D eigenvalue weighted by molar-refractivity contribution is 5.92. The van der Waals surface area contributed by atoms with Crippen molar-refractivity contribution in [1.82, 2.24) is 0 Å². The van der Waals surface area contributed by atoms with Crippen LogP contribution in [0.25, 0.3) is 0 Å². The Balaban J connectivity index is 1.68. The first-order valence-electron chi connectivity index (χ1n) is 10.1.